The number of aryl methyl sites for hydroxylation is 1. The van der Waals surface area contributed by atoms with Gasteiger partial charge in [-0.15, -0.1) is 0 Å². The largest absolute Gasteiger partial charge is 0.490 e. The van der Waals surface area contributed by atoms with Crippen LogP contribution < -0.4 is 10.4 Å². The normalized spacial score (nSPS) is 16.8. The summed E-state index contributed by atoms with van der Waals surface area (Å²) in [6.07, 6.45) is 2.24. The molecule has 1 aliphatic heterocycles. The molecule has 4 nitrogen and oxygen atoms in total. The van der Waals surface area contributed by atoms with Gasteiger partial charge in [0.25, 0.3) is 0 Å². The zero-order valence-electron chi connectivity index (χ0n) is 14.0. The van der Waals surface area contributed by atoms with Crippen molar-refractivity contribution in [2.45, 2.75) is 25.9 Å². The molecule has 1 aliphatic rings. The summed E-state index contributed by atoms with van der Waals surface area (Å²) in [5, 5.41) is 2.45. The lowest BCUT2D eigenvalue weighted by atomic mass is 10.1. The average molecular weight is 323 g/mol. The third-order valence-electron chi connectivity index (χ3n) is 4.81. The molecule has 0 atom stereocenters. The predicted molar refractivity (Wildman–Crippen MR) is 95.9 cm³/mol. The van der Waals surface area contributed by atoms with E-state index >= 15 is 0 Å². The van der Waals surface area contributed by atoms with E-state index in [2.05, 4.69) is 11.9 Å². The zero-order chi connectivity index (χ0) is 16.7. The third-order valence-corrected chi connectivity index (χ3v) is 4.81. The van der Waals surface area contributed by atoms with E-state index in [0.29, 0.717) is 11.0 Å². The molecule has 0 amide bonds. The quantitative estimate of drug-likeness (QED) is 0.532. The molecule has 0 aliphatic carbocycles. The minimum absolute atomic E-state index is 0.216. The number of piperidine rings is 1. The van der Waals surface area contributed by atoms with Crippen molar-refractivity contribution in [2.75, 3.05) is 20.1 Å². The van der Waals surface area contributed by atoms with E-state index in [0.717, 1.165) is 48.0 Å². The Kier molecular flexibility index (Phi) is 3.77. The highest BCUT2D eigenvalue weighted by Crippen LogP contribution is 2.28. The lowest BCUT2D eigenvalue weighted by Crippen LogP contribution is -2.35. The maximum absolute atomic E-state index is 12.4. The summed E-state index contributed by atoms with van der Waals surface area (Å²) in [6, 6.07) is 11.7. The second-order valence-corrected chi connectivity index (χ2v) is 6.72. The lowest BCUT2D eigenvalue weighted by molar-refractivity contribution is 0.114. The fourth-order valence-electron chi connectivity index (χ4n) is 3.39. The molecule has 1 saturated heterocycles. The molecule has 0 spiro atoms. The molecule has 0 radical (unpaired) electrons. The number of fused-ring (bicyclic) bond motifs is 3. The fraction of sp³-hybridized carbons (Fsp3) is 0.350. The van der Waals surface area contributed by atoms with Crippen molar-refractivity contribution in [1.82, 2.24) is 4.90 Å². The molecule has 2 heterocycles. The van der Waals surface area contributed by atoms with Crippen LogP contribution in [0.15, 0.2) is 45.6 Å². The van der Waals surface area contributed by atoms with Crippen LogP contribution in [0.25, 0.3) is 21.7 Å². The van der Waals surface area contributed by atoms with Crippen LogP contribution in [0.2, 0.25) is 0 Å². The van der Waals surface area contributed by atoms with E-state index in [1.165, 1.54) is 0 Å². The standard InChI is InChI=1S/C20H21NO3/c1-13-3-5-17-16-6-4-15(23-14-7-9-21(2)10-8-14)12-18(16)20(22)24-19(17)11-13/h3-6,11-12,14H,7-10H2,1-2H3. The third kappa shape index (κ3) is 2.78. The summed E-state index contributed by atoms with van der Waals surface area (Å²) in [5.74, 6) is 0.746. The molecule has 3 aromatic rings. The Bertz CT molecular complexity index is 952. The Morgan fingerprint density at radius 2 is 1.79 bits per heavy atom. The summed E-state index contributed by atoms with van der Waals surface area (Å²) in [5.41, 5.74) is 1.40. The first kappa shape index (κ1) is 15.2. The van der Waals surface area contributed by atoms with E-state index in [-0.39, 0.29) is 11.7 Å². The van der Waals surface area contributed by atoms with Crippen molar-refractivity contribution in [1.29, 1.82) is 0 Å². The van der Waals surface area contributed by atoms with Crippen LogP contribution in [-0.2, 0) is 0 Å². The van der Waals surface area contributed by atoms with Gasteiger partial charge in [-0.3, -0.25) is 0 Å². The van der Waals surface area contributed by atoms with Crippen molar-refractivity contribution in [3.63, 3.8) is 0 Å². The number of rotatable bonds is 2. The Balaban J connectivity index is 1.73. The van der Waals surface area contributed by atoms with Gasteiger partial charge in [0.15, 0.2) is 0 Å². The van der Waals surface area contributed by atoms with Gasteiger partial charge in [0, 0.05) is 23.9 Å². The molecule has 4 rings (SSSR count). The Morgan fingerprint density at radius 3 is 2.58 bits per heavy atom. The van der Waals surface area contributed by atoms with Gasteiger partial charge in [-0.1, -0.05) is 12.1 Å². The van der Waals surface area contributed by atoms with Crippen LogP contribution in [0.4, 0.5) is 0 Å². The molecule has 0 unspecified atom stereocenters. The van der Waals surface area contributed by atoms with Crippen molar-refractivity contribution < 1.29 is 9.15 Å². The molecule has 1 fully saturated rings. The van der Waals surface area contributed by atoms with E-state index < -0.39 is 0 Å². The van der Waals surface area contributed by atoms with Crippen LogP contribution in [0.5, 0.6) is 5.75 Å². The van der Waals surface area contributed by atoms with E-state index in [1.54, 1.807) is 0 Å². The highest BCUT2D eigenvalue weighted by Gasteiger charge is 2.18. The number of nitrogens with zero attached hydrogens (tertiary/aromatic N) is 1. The van der Waals surface area contributed by atoms with Gasteiger partial charge in [-0.05, 0) is 56.6 Å². The minimum atomic E-state index is -0.308. The Morgan fingerprint density at radius 1 is 1.04 bits per heavy atom. The molecule has 0 N–H and O–H groups in total. The summed E-state index contributed by atoms with van der Waals surface area (Å²) in [6.45, 7) is 4.08. The average Bonchev–Trinajstić information content (AvgIpc) is 2.57. The van der Waals surface area contributed by atoms with E-state index in [1.807, 2.05) is 43.3 Å². The summed E-state index contributed by atoms with van der Waals surface area (Å²) in [4.78, 5) is 14.7. The van der Waals surface area contributed by atoms with Crippen LogP contribution in [0.1, 0.15) is 18.4 Å². The molecule has 0 saturated carbocycles. The van der Waals surface area contributed by atoms with E-state index in [4.69, 9.17) is 9.15 Å². The van der Waals surface area contributed by atoms with Crippen LogP contribution >= 0.6 is 0 Å². The number of ether oxygens (including phenoxy) is 1. The second kappa shape index (κ2) is 5.95. The lowest BCUT2D eigenvalue weighted by Gasteiger charge is -2.29. The van der Waals surface area contributed by atoms with Gasteiger partial charge in [0.2, 0.25) is 0 Å². The first-order chi connectivity index (χ1) is 11.6. The summed E-state index contributed by atoms with van der Waals surface area (Å²) in [7, 11) is 2.13. The van der Waals surface area contributed by atoms with Crippen molar-refractivity contribution in [3.8, 4) is 5.75 Å². The van der Waals surface area contributed by atoms with Crippen molar-refractivity contribution in [2.24, 2.45) is 0 Å². The molecule has 124 valence electrons. The fourth-order valence-corrected chi connectivity index (χ4v) is 3.39. The molecular weight excluding hydrogens is 302 g/mol. The second-order valence-electron chi connectivity index (χ2n) is 6.72. The monoisotopic (exact) mass is 323 g/mol. The molecule has 2 aromatic carbocycles. The molecule has 4 heteroatoms. The van der Waals surface area contributed by atoms with E-state index in [9.17, 15) is 4.79 Å². The van der Waals surface area contributed by atoms with Crippen LogP contribution in [0.3, 0.4) is 0 Å². The van der Waals surface area contributed by atoms with Crippen LogP contribution in [0, 0.1) is 6.92 Å². The molecule has 1 aromatic heterocycles. The first-order valence-corrected chi connectivity index (χ1v) is 8.42. The summed E-state index contributed by atoms with van der Waals surface area (Å²) >= 11 is 0. The maximum atomic E-state index is 12.4. The minimum Gasteiger partial charge on any atom is -0.490 e. The molecular formula is C20H21NO3. The van der Waals surface area contributed by atoms with Gasteiger partial charge in [0.1, 0.15) is 17.4 Å². The van der Waals surface area contributed by atoms with Gasteiger partial charge >= 0.3 is 5.63 Å². The number of hydrogen-bond acceptors (Lipinski definition) is 4. The van der Waals surface area contributed by atoms with Crippen LogP contribution in [-0.4, -0.2) is 31.1 Å². The zero-order valence-corrected chi connectivity index (χ0v) is 14.0. The molecule has 24 heavy (non-hydrogen) atoms. The van der Waals surface area contributed by atoms with Gasteiger partial charge in [0.05, 0.1) is 5.39 Å². The Labute approximate surface area is 140 Å². The SMILES string of the molecule is Cc1ccc2c(c1)oc(=O)c1cc(OC3CCN(C)CC3)ccc12. The highest BCUT2D eigenvalue weighted by atomic mass is 16.5. The Hall–Kier alpha value is -2.33. The number of hydrogen-bond donors (Lipinski definition) is 0. The number of likely N-dealkylation sites (tertiary alicyclic amines) is 1. The van der Waals surface area contributed by atoms with Gasteiger partial charge in [-0.25, -0.2) is 4.79 Å². The van der Waals surface area contributed by atoms with Gasteiger partial charge < -0.3 is 14.1 Å². The smallest absolute Gasteiger partial charge is 0.344 e. The number of benzene rings is 2. The molecule has 0 bridgehead atoms. The first-order valence-electron chi connectivity index (χ1n) is 8.42. The van der Waals surface area contributed by atoms with Gasteiger partial charge in [-0.2, -0.15) is 0 Å². The summed E-state index contributed by atoms with van der Waals surface area (Å²) < 4.78 is 11.6. The maximum Gasteiger partial charge on any atom is 0.344 e. The predicted octanol–water partition coefficient (Wildman–Crippen LogP) is 3.73. The topological polar surface area (TPSA) is 42.7 Å². The highest BCUT2D eigenvalue weighted by molar-refractivity contribution is 6.04. The van der Waals surface area contributed by atoms with Crippen molar-refractivity contribution in [3.05, 3.63) is 52.4 Å². The van der Waals surface area contributed by atoms with Crippen molar-refractivity contribution >= 4 is 21.7 Å².